The summed E-state index contributed by atoms with van der Waals surface area (Å²) in [5.74, 6) is -0.918. The van der Waals surface area contributed by atoms with E-state index in [1.54, 1.807) is 0 Å². The molecule has 3 aliphatic rings. The highest BCUT2D eigenvalue weighted by Crippen LogP contribution is 2.39. The predicted molar refractivity (Wildman–Crippen MR) is 114 cm³/mol. The highest BCUT2D eigenvalue weighted by Gasteiger charge is 2.48. The lowest BCUT2D eigenvalue weighted by molar-refractivity contribution is -0.200. The zero-order valence-corrected chi connectivity index (χ0v) is 18.6. The molecule has 0 bridgehead atoms. The molecule has 8 heteroatoms. The molecule has 2 heterocycles. The average Bonchev–Trinajstić information content (AvgIpc) is 3.07. The molecule has 0 spiro atoms. The zero-order chi connectivity index (χ0) is 22.1. The van der Waals surface area contributed by atoms with E-state index < -0.39 is 5.97 Å². The second-order valence-corrected chi connectivity index (χ2v) is 8.65. The molecule has 0 aromatic carbocycles. The number of esters is 1. The third-order valence-electron chi connectivity index (χ3n) is 6.35. The first-order chi connectivity index (χ1) is 15.0. The molecule has 1 aliphatic carbocycles. The fourth-order valence-electron chi connectivity index (χ4n) is 4.95. The molecule has 0 aromatic heterocycles. The summed E-state index contributed by atoms with van der Waals surface area (Å²) in [5.41, 5.74) is 0. The van der Waals surface area contributed by atoms with Crippen molar-refractivity contribution in [3.8, 4) is 0 Å². The normalized spacial score (nSPS) is 32.4. The first-order valence-electron chi connectivity index (χ1n) is 11.7. The Balaban J connectivity index is 1.69. The SMILES string of the molecule is CC(=O)OC1CC(OC2CCCCO2)C(N2CCOCC2)C1C/C=C/CCCC(=O)O. The molecule has 5 unspecified atom stereocenters. The van der Waals surface area contributed by atoms with Crippen molar-refractivity contribution in [1.82, 2.24) is 4.90 Å². The highest BCUT2D eigenvalue weighted by atomic mass is 16.7. The average molecular weight is 440 g/mol. The molecule has 2 aliphatic heterocycles. The number of carbonyl (C=O) groups is 2. The molecule has 31 heavy (non-hydrogen) atoms. The van der Waals surface area contributed by atoms with Crippen LogP contribution in [-0.2, 0) is 28.5 Å². The Labute approximate surface area is 184 Å². The second kappa shape index (κ2) is 12.5. The standard InChI is InChI=1S/C23H37NO7/c1-17(25)30-19-16-20(31-22-10-6-7-13-29-22)23(24-11-14-28-15-12-24)18(19)8-4-2-3-5-9-21(26)27/h2,4,18-20,22-23H,3,5-16H2,1H3,(H,26,27)/b4-2+. The number of carboxylic acids is 1. The summed E-state index contributed by atoms with van der Waals surface area (Å²) in [6.07, 6.45) is 9.74. The van der Waals surface area contributed by atoms with Gasteiger partial charge in [0.15, 0.2) is 6.29 Å². The number of hydrogen-bond donors (Lipinski definition) is 1. The Kier molecular flexibility index (Phi) is 9.77. The van der Waals surface area contributed by atoms with E-state index >= 15 is 0 Å². The van der Waals surface area contributed by atoms with Crippen LogP contribution < -0.4 is 0 Å². The van der Waals surface area contributed by atoms with Crippen molar-refractivity contribution in [2.75, 3.05) is 32.9 Å². The van der Waals surface area contributed by atoms with Gasteiger partial charge in [-0.2, -0.15) is 0 Å². The van der Waals surface area contributed by atoms with Crippen LogP contribution in [0.2, 0.25) is 0 Å². The molecule has 0 amide bonds. The van der Waals surface area contributed by atoms with Gasteiger partial charge < -0.3 is 24.1 Å². The lowest BCUT2D eigenvalue weighted by Crippen LogP contribution is -2.51. The van der Waals surface area contributed by atoms with Gasteiger partial charge in [0.2, 0.25) is 0 Å². The quantitative estimate of drug-likeness (QED) is 0.315. The van der Waals surface area contributed by atoms with E-state index in [0.717, 1.165) is 51.8 Å². The third kappa shape index (κ3) is 7.56. The van der Waals surface area contributed by atoms with E-state index in [2.05, 4.69) is 11.0 Å². The first kappa shape index (κ1) is 24.2. The number of carbonyl (C=O) groups excluding carboxylic acids is 1. The van der Waals surface area contributed by atoms with Gasteiger partial charge in [0.25, 0.3) is 0 Å². The number of nitrogens with zero attached hydrogens (tertiary/aromatic N) is 1. The Morgan fingerprint density at radius 3 is 2.61 bits per heavy atom. The molecule has 0 radical (unpaired) electrons. The first-order valence-corrected chi connectivity index (χ1v) is 11.7. The fourth-order valence-corrected chi connectivity index (χ4v) is 4.95. The summed E-state index contributed by atoms with van der Waals surface area (Å²) in [6, 6.07) is 0.127. The fraction of sp³-hybridized carbons (Fsp3) is 0.826. The topological polar surface area (TPSA) is 94.5 Å². The van der Waals surface area contributed by atoms with Gasteiger partial charge >= 0.3 is 11.9 Å². The molecule has 1 N–H and O–H groups in total. The lowest BCUT2D eigenvalue weighted by atomic mass is 9.94. The second-order valence-electron chi connectivity index (χ2n) is 8.65. The molecule has 1 saturated carbocycles. The number of allylic oxidation sites excluding steroid dienone is 2. The predicted octanol–water partition coefficient (Wildman–Crippen LogP) is 2.75. The molecule has 3 rings (SSSR count). The van der Waals surface area contributed by atoms with Gasteiger partial charge in [-0.1, -0.05) is 12.2 Å². The van der Waals surface area contributed by atoms with Crippen molar-refractivity contribution in [2.45, 2.75) is 82.8 Å². The summed E-state index contributed by atoms with van der Waals surface area (Å²) < 4.78 is 23.6. The number of aliphatic carboxylic acids is 1. The van der Waals surface area contributed by atoms with Crippen molar-refractivity contribution in [2.24, 2.45) is 5.92 Å². The summed E-state index contributed by atoms with van der Waals surface area (Å²) in [4.78, 5) is 24.9. The monoisotopic (exact) mass is 439 g/mol. The van der Waals surface area contributed by atoms with E-state index in [1.807, 2.05) is 6.08 Å². The van der Waals surface area contributed by atoms with Gasteiger partial charge in [0, 0.05) is 51.4 Å². The Morgan fingerprint density at radius 2 is 1.94 bits per heavy atom. The summed E-state index contributed by atoms with van der Waals surface area (Å²) in [7, 11) is 0. The van der Waals surface area contributed by atoms with Crippen LogP contribution in [0.1, 0.15) is 58.3 Å². The Morgan fingerprint density at radius 1 is 1.13 bits per heavy atom. The van der Waals surface area contributed by atoms with E-state index in [-0.39, 0.29) is 42.8 Å². The Bertz CT molecular complexity index is 599. The zero-order valence-electron chi connectivity index (χ0n) is 18.6. The van der Waals surface area contributed by atoms with Crippen molar-refractivity contribution in [3.63, 3.8) is 0 Å². The summed E-state index contributed by atoms with van der Waals surface area (Å²) in [5, 5.41) is 8.79. The molecule has 5 atom stereocenters. The maximum Gasteiger partial charge on any atom is 0.303 e. The van der Waals surface area contributed by atoms with Crippen LogP contribution in [0, 0.1) is 5.92 Å². The van der Waals surface area contributed by atoms with Crippen molar-refractivity contribution in [3.05, 3.63) is 12.2 Å². The molecule has 2 saturated heterocycles. The van der Waals surface area contributed by atoms with E-state index in [9.17, 15) is 9.59 Å². The molecular weight excluding hydrogens is 402 g/mol. The maximum atomic E-state index is 11.8. The van der Waals surface area contributed by atoms with Crippen molar-refractivity contribution in [1.29, 1.82) is 0 Å². The largest absolute Gasteiger partial charge is 0.481 e. The van der Waals surface area contributed by atoms with Crippen LogP contribution in [0.4, 0.5) is 0 Å². The van der Waals surface area contributed by atoms with Crippen LogP contribution in [-0.4, -0.2) is 79.4 Å². The van der Waals surface area contributed by atoms with Crippen molar-refractivity contribution >= 4 is 11.9 Å². The minimum absolute atomic E-state index is 0.0593. The third-order valence-corrected chi connectivity index (χ3v) is 6.35. The van der Waals surface area contributed by atoms with Crippen LogP contribution in [0.25, 0.3) is 0 Å². The van der Waals surface area contributed by atoms with Gasteiger partial charge in [0.1, 0.15) is 6.10 Å². The van der Waals surface area contributed by atoms with Gasteiger partial charge in [0.05, 0.1) is 19.3 Å². The number of carboxylic acid groups (broad SMARTS) is 1. The van der Waals surface area contributed by atoms with E-state index in [1.165, 1.54) is 6.92 Å². The number of hydrogen-bond acceptors (Lipinski definition) is 7. The molecule has 0 aromatic rings. The number of rotatable bonds is 10. The summed E-state index contributed by atoms with van der Waals surface area (Å²) in [6.45, 7) is 5.25. The van der Waals surface area contributed by atoms with Crippen LogP contribution in [0.3, 0.4) is 0 Å². The summed E-state index contributed by atoms with van der Waals surface area (Å²) >= 11 is 0. The maximum absolute atomic E-state index is 11.8. The van der Waals surface area contributed by atoms with Gasteiger partial charge in [-0.3, -0.25) is 14.5 Å². The number of morpholine rings is 1. The van der Waals surface area contributed by atoms with Gasteiger partial charge in [-0.15, -0.1) is 0 Å². The molecule has 3 fully saturated rings. The number of unbranched alkanes of at least 4 members (excludes halogenated alkanes) is 1. The van der Waals surface area contributed by atoms with E-state index in [0.29, 0.717) is 26.1 Å². The van der Waals surface area contributed by atoms with Gasteiger partial charge in [-0.05, 0) is 38.5 Å². The number of ether oxygens (including phenoxy) is 4. The molecular formula is C23H37NO7. The van der Waals surface area contributed by atoms with Gasteiger partial charge in [-0.25, -0.2) is 0 Å². The van der Waals surface area contributed by atoms with Crippen molar-refractivity contribution < 1.29 is 33.6 Å². The van der Waals surface area contributed by atoms with E-state index in [4.69, 9.17) is 24.1 Å². The van der Waals surface area contributed by atoms with Crippen LogP contribution >= 0.6 is 0 Å². The lowest BCUT2D eigenvalue weighted by Gasteiger charge is -2.39. The van der Waals surface area contributed by atoms with Crippen LogP contribution in [0.15, 0.2) is 12.2 Å². The minimum Gasteiger partial charge on any atom is -0.481 e. The minimum atomic E-state index is -0.767. The smallest absolute Gasteiger partial charge is 0.303 e. The molecule has 8 nitrogen and oxygen atoms in total. The highest BCUT2D eigenvalue weighted by molar-refractivity contribution is 5.66. The molecule has 176 valence electrons. The Hall–Kier alpha value is -1.48. The van der Waals surface area contributed by atoms with Crippen LogP contribution in [0.5, 0.6) is 0 Å².